The van der Waals surface area contributed by atoms with Gasteiger partial charge in [-0.15, -0.1) is 0 Å². The summed E-state index contributed by atoms with van der Waals surface area (Å²) in [5.74, 6) is -0.321. The second-order valence-electron chi connectivity index (χ2n) is 6.84. The number of carbonyl (C=O) groups excluding carboxylic acids is 2. The lowest BCUT2D eigenvalue weighted by Gasteiger charge is -2.34. The second-order valence-corrected chi connectivity index (χ2v) is 7.83. The van der Waals surface area contributed by atoms with Gasteiger partial charge in [0, 0.05) is 12.0 Å². The average molecular weight is 398 g/mol. The number of nitrogens with one attached hydrogen (secondary N) is 2. The zero-order valence-corrected chi connectivity index (χ0v) is 16.2. The summed E-state index contributed by atoms with van der Waals surface area (Å²) in [6.45, 7) is 3.86. The first-order valence-electron chi connectivity index (χ1n) is 8.50. The van der Waals surface area contributed by atoms with E-state index in [4.69, 9.17) is 9.47 Å². The molecule has 8 nitrogen and oxygen atoms in total. The van der Waals surface area contributed by atoms with Crippen LogP contribution in [0.3, 0.4) is 0 Å². The van der Waals surface area contributed by atoms with Crippen LogP contribution in [0.2, 0.25) is 0 Å². The van der Waals surface area contributed by atoms with E-state index in [1.54, 1.807) is 26.0 Å². The summed E-state index contributed by atoms with van der Waals surface area (Å²) >= 11 is 1.07. The van der Waals surface area contributed by atoms with Crippen molar-refractivity contribution in [3.05, 3.63) is 34.4 Å². The summed E-state index contributed by atoms with van der Waals surface area (Å²) in [4.78, 5) is 24.3. The number of hydrogen-bond acceptors (Lipinski definition) is 7. The zero-order valence-electron chi connectivity index (χ0n) is 15.4. The maximum atomic E-state index is 12.2. The van der Waals surface area contributed by atoms with Crippen molar-refractivity contribution in [2.45, 2.75) is 20.4 Å². The Morgan fingerprint density at radius 2 is 2.11 bits per heavy atom. The van der Waals surface area contributed by atoms with Gasteiger partial charge < -0.3 is 20.1 Å². The number of benzene rings is 1. The molecule has 9 heteroatoms. The predicted octanol–water partition coefficient (Wildman–Crippen LogP) is 1.80. The first kappa shape index (κ1) is 19.6. The zero-order chi connectivity index (χ0) is 20.3. The summed E-state index contributed by atoms with van der Waals surface area (Å²) in [5, 5.41) is 24.4. The third-order valence-corrected chi connectivity index (χ3v) is 5.61. The third kappa shape index (κ3) is 3.75. The Hall–Kier alpha value is -3.17. The molecule has 0 radical (unpaired) electrons. The number of allylic oxidation sites excluding steroid dienone is 1. The average Bonchev–Trinajstić information content (AvgIpc) is 3.12. The van der Waals surface area contributed by atoms with Crippen LogP contribution in [0.5, 0.6) is 11.5 Å². The third-order valence-electron chi connectivity index (χ3n) is 4.61. The molecule has 0 unspecified atom stereocenters. The van der Waals surface area contributed by atoms with Crippen LogP contribution in [0.15, 0.2) is 28.8 Å². The van der Waals surface area contributed by atoms with Gasteiger partial charge in [0.05, 0.1) is 28.5 Å². The molecule has 2 aliphatic rings. The molecule has 0 spiro atoms. The van der Waals surface area contributed by atoms with E-state index in [-0.39, 0.29) is 18.5 Å². The lowest BCUT2D eigenvalue weighted by atomic mass is 9.72. The van der Waals surface area contributed by atoms with Gasteiger partial charge in [-0.05, 0) is 17.7 Å². The number of thioether (sulfide) groups is 1. The minimum Gasteiger partial charge on any atom is -0.454 e. The Balaban J connectivity index is 1.61. The highest BCUT2D eigenvalue weighted by Gasteiger charge is 2.44. The molecule has 1 aromatic rings. The van der Waals surface area contributed by atoms with Crippen LogP contribution in [0.4, 0.5) is 0 Å². The highest BCUT2D eigenvalue weighted by Crippen LogP contribution is 2.41. The number of carbonyl (C=O) groups is 2. The summed E-state index contributed by atoms with van der Waals surface area (Å²) < 4.78 is 10.6. The van der Waals surface area contributed by atoms with Crippen molar-refractivity contribution in [2.24, 2.45) is 11.3 Å². The van der Waals surface area contributed by atoms with Gasteiger partial charge in [-0.3, -0.25) is 9.59 Å². The molecule has 0 saturated carbocycles. The lowest BCUT2D eigenvalue weighted by molar-refractivity contribution is -0.125. The quantitative estimate of drug-likeness (QED) is 0.775. The molecule has 0 bridgehead atoms. The first-order valence-corrected chi connectivity index (χ1v) is 9.48. The molecule has 2 N–H and O–H groups in total. The van der Waals surface area contributed by atoms with Crippen molar-refractivity contribution in [3.63, 3.8) is 0 Å². The van der Waals surface area contributed by atoms with Crippen LogP contribution < -0.4 is 20.1 Å². The largest absolute Gasteiger partial charge is 0.454 e. The molecule has 1 aromatic carbocycles. The standard InChI is InChI=1S/C19H18N4O4S/c1-19(2)12(6-20)17(25)23-18(13(19)7-21)28-9-16(24)22-8-11-3-4-14-15(5-11)27-10-26-14/h3-5,12H,8-10H2,1-2H3,(H,22,24)(H,23,25)/t12-/m1/s1. The fraction of sp³-hybridized carbons (Fsp3) is 0.368. The number of nitriles is 2. The summed E-state index contributed by atoms with van der Waals surface area (Å²) in [7, 11) is 0. The normalized spacial score (nSPS) is 19.4. The molecular weight excluding hydrogens is 380 g/mol. The van der Waals surface area contributed by atoms with Crippen LogP contribution in [0.1, 0.15) is 19.4 Å². The van der Waals surface area contributed by atoms with Crippen LogP contribution in [-0.2, 0) is 16.1 Å². The van der Waals surface area contributed by atoms with Crippen molar-refractivity contribution < 1.29 is 19.1 Å². The van der Waals surface area contributed by atoms with E-state index >= 15 is 0 Å². The molecule has 1 atom stereocenters. The van der Waals surface area contributed by atoms with Gasteiger partial charge in [-0.25, -0.2) is 0 Å². The van der Waals surface area contributed by atoms with E-state index in [0.29, 0.717) is 28.6 Å². The molecule has 0 saturated heterocycles. The van der Waals surface area contributed by atoms with E-state index < -0.39 is 17.2 Å². The maximum Gasteiger partial charge on any atom is 0.243 e. The van der Waals surface area contributed by atoms with Gasteiger partial charge >= 0.3 is 0 Å². The van der Waals surface area contributed by atoms with Gasteiger partial charge in [-0.2, -0.15) is 10.5 Å². The Labute approximate surface area is 166 Å². The van der Waals surface area contributed by atoms with Crippen molar-refractivity contribution in [2.75, 3.05) is 12.5 Å². The molecule has 3 rings (SSSR count). The van der Waals surface area contributed by atoms with Crippen LogP contribution in [-0.4, -0.2) is 24.4 Å². The molecule has 2 amide bonds. The van der Waals surface area contributed by atoms with E-state index in [1.165, 1.54) is 0 Å². The highest BCUT2D eigenvalue weighted by molar-refractivity contribution is 8.03. The number of ether oxygens (including phenoxy) is 2. The van der Waals surface area contributed by atoms with E-state index in [1.807, 2.05) is 12.1 Å². The van der Waals surface area contributed by atoms with Crippen LogP contribution >= 0.6 is 11.8 Å². The smallest absolute Gasteiger partial charge is 0.243 e. The van der Waals surface area contributed by atoms with Crippen molar-refractivity contribution in [1.82, 2.24) is 10.6 Å². The van der Waals surface area contributed by atoms with Crippen molar-refractivity contribution >= 4 is 23.6 Å². The number of hydrogen-bond donors (Lipinski definition) is 2. The topological polar surface area (TPSA) is 124 Å². The SMILES string of the molecule is CC1(C)C(C#N)=C(SCC(=O)NCc2ccc3c(c2)OCO3)NC(=O)[C@H]1C#N. The molecule has 0 aromatic heterocycles. The minimum atomic E-state index is -0.952. The molecule has 2 aliphatic heterocycles. The van der Waals surface area contributed by atoms with Crippen molar-refractivity contribution in [3.8, 4) is 23.6 Å². The Morgan fingerprint density at radius 1 is 1.36 bits per heavy atom. The maximum absolute atomic E-state index is 12.2. The Morgan fingerprint density at radius 3 is 2.82 bits per heavy atom. The van der Waals surface area contributed by atoms with Crippen LogP contribution in [0.25, 0.3) is 0 Å². The van der Waals surface area contributed by atoms with Gasteiger partial charge in [0.2, 0.25) is 18.6 Å². The van der Waals surface area contributed by atoms with Gasteiger partial charge in [0.25, 0.3) is 0 Å². The Kier molecular flexibility index (Phi) is 5.48. The number of nitrogens with zero attached hydrogens (tertiary/aromatic N) is 2. The number of rotatable bonds is 5. The Bertz CT molecular complexity index is 942. The molecular formula is C19H18N4O4S. The fourth-order valence-electron chi connectivity index (χ4n) is 2.97. The minimum absolute atomic E-state index is 0.0264. The molecule has 144 valence electrons. The molecule has 2 heterocycles. The number of amides is 2. The molecule has 0 aliphatic carbocycles. The summed E-state index contributed by atoms with van der Waals surface area (Å²) in [6.07, 6.45) is 0. The lowest BCUT2D eigenvalue weighted by Crippen LogP contribution is -2.44. The highest BCUT2D eigenvalue weighted by atomic mass is 32.2. The van der Waals surface area contributed by atoms with E-state index in [0.717, 1.165) is 17.3 Å². The number of fused-ring (bicyclic) bond motifs is 1. The monoisotopic (exact) mass is 398 g/mol. The van der Waals surface area contributed by atoms with E-state index in [9.17, 15) is 20.1 Å². The van der Waals surface area contributed by atoms with Gasteiger partial charge in [0.1, 0.15) is 5.92 Å². The van der Waals surface area contributed by atoms with Crippen molar-refractivity contribution in [1.29, 1.82) is 10.5 Å². The molecule has 28 heavy (non-hydrogen) atoms. The fourth-order valence-corrected chi connectivity index (χ4v) is 3.98. The van der Waals surface area contributed by atoms with Gasteiger partial charge in [0.15, 0.2) is 11.5 Å². The summed E-state index contributed by atoms with van der Waals surface area (Å²) in [6, 6.07) is 9.44. The molecule has 0 fully saturated rings. The predicted molar refractivity (Wildman–Crippen MR) is 101 cm³/mol. The van der Waals surface area contributed by atoms with Crippen LogP contribution in [0, 0.1) is 34.0 Å². The second kappa shape index (κ2) is 7.83. The van der Waals surface area contributed by atoms with E-state index in [2.05, 4.69) is 16.7 Å². The van der Waals surface area contributed by atoms with Gasteiger partial charge in [-0.1, -0.05) is 31.7 Å². The summed E-state index contributed by atoms with van der Waals surface area (Å²) in [5.41, 5.74) is 0.243. The first-order chi connectivity index (χ1) is 13.4.